The second kappa shape index (κ2) is 4.75. The molecular weight excluding hydrogens is 189 g/mol. The van der Waals surface area contributed by atoms with Crippen LogP contribution >= 0.6 is 0 Å². The second-order valence-electron chi connectivity index (χ2n) is 4.37. The van der Waals surface area contributed by atoms with Crippen molar-refractivity contribution in [1.82, 2.24) is 5.32 Å². The quantitative estimate of drug-likeness (QED) is 0.785. The molecule has 82 valence electrons. The first-order chi connectivity index (χ1) is 7.27. The third-order valence-corrected chi connectivity index (χ3v) is 3.10. The van der Waals surface area contributed by atoms with Crippen molar-refractivity contribution in [1.29, 1.82) is 0 Å². The molecule has 0 aliphatic carbocycles. The van der Waals surface area contributed by atoms with Crippen LogP contribution in [0.25, 0.3) is 0 Å². The molecule has 0 saturated carbocycles. The van der Waals surface area contributed by atoms with Gasteiger partial charge in [0.05, 0.1) is 0 Å². The van der Waals surface area contributed by atoms with Gasteiger partial charge in [-0.1, -0.05) is 36.2 Å². The molecule has 0 radical (unpaired) electrons. The third kappa shape index (κ3) is 2.57. The van der Waals surface area contributed by atoms with E-state index in [0.29, 0.717) is 0 Å². The molecule has 0 spiro atoms. The normalized spacial score (nSPS) is 23.7. The highest BCUT2D eigenvalue weighted by molar-refractivity contribution is 5.24. The smallest absolute Gasteiger partial charge is 0.140 e. The van der Waals surface area contributed by atoms with Gasteiger partial charge in [0.1, 0.15) is 6.17 Å². The van der Waals surface area contributed by atoms with Gasteiger partial charge in [-0.05, 0) is 31.9 Å². The van der Waals surface area contributed by atoms with E-state index in [9.17, 15) is 4.39 Å². The second-order valence-corrected chi connectivity index (χ2v) is 4.37. The summed E-state index contributed by atoms with van der Waals surface area (Å²) in [5.41, 5.74) is 1.99. The molecule has 1 heterocycles. The van der Waals surface area contributed by atoms with Crippen molar-refractivity contribution in [2.75, 3.05) is 6.54 Å². The molecule has 1 nitrogen and oxygen atoms in total. The van der Waals surface area contributed by atoms with Crippen LogP contribution in [0.4, 0.5) is 4.39 Å². The molecule has 1 N–H and O–H groups in total. The number of hydrogen-bond acceptors (Lipinski definition) is 1. The topological polar surface area (TPSA) is 12.0 Å². The minimum atomic E-state index is -0.856. The van der Waals surface area contributed by atoms with Crippen LogP contribution in [0.3, 0.4) is 0 Å². The number of hydrogen-bond donors (Lipinski definition) is 1. The zero-order chi connectivity index (χ0) is 10.7. The monoisotopic (exact) mass is 207 g/mol. The maximum Gasteiger partial charge on any atom is 0.140 e. The fourth-order valence-corrected chi connectivity index (χ4v) is 2.11. The Morgan fingerprint density at radius 3 is 2.60 bits per heavy atom. The lowest BCUT2D eigenvalue weighted by Gasteiger charge is -2.26. The molecule has 0 amide bonds. The lowest BCUT2D eigenvalue weighted by atomic mass is 9.95. The summed E-state index contributed by atoms with van der Waals surface area (Å²) < 4.78 is 14.1. The predicted molar refractivity (Wildman–Crippen MR) is 60.7 cm³/mol. The Kier molecular flexibility index (Phi) is 3.37. The van der Waals surface area contributed by atoms with Crippen LogP contribution in [-0.2, 0) is 0 Å². The van der Waals surface area contributed by atoms with Crippen molar-refractivity contribution in [3.8, 4) is 0 Å². The van der Waals surface area contributed by atoms with Crippen molar-refractivity contribution >= 4 is 0 Å². The highest BCUT2D eigenvalue weighted by Gasteiger charge is 2.23. The summed E-state index contributed by atoms with van der Waals surface area (Å²) in [4.78, 5) is 0. The molecule has 2 rings (SSSR count). The Morgan fingerprint density at radius 2 is 2.00 bits per heavy atom. The van der Waals surface area contributed by atoms with E-state index in [4.69, 9.17) is 0 Å². The minimum absolute atomic E-state index is 0.0152. The summed E-state index contributed by atoms with van der Waals surface area (Å²) in [6.45, 7) is 2.98. The van der Waals surface area contributed by atoms with E-state index in [2.05, 4.69) is 5.32 Å². The van der Waals surface area contributed by atoms with Gasteiger partial charge < -0.3 is 5.32 Å². The van der Waals surface area contributed by atoms with Gasteiger partial charge in [-0.2, -0.15) is 0 Å². The van der Waals surface area contributed by atoms with Gasteiger partial charge in [-0.3, -0.25) is 0 Å². The molecular formula is C13H18FN. The largest absolute Gasteiger partial charge is 0.311 e. The summed E-state index contributed by atoms with van der Waals surface area (Å²) in [6.07, 6.45) is 2.42. The van der Waals surface area contributed by atoms with Gasteiger partial charge in [0.25, 0.3) is 0 Å². The first kappa shape index (κ1) is 10.6. The fraction of sp³-hybridized carbons (Fsp3) is 0.538. The predicted octanol–water partition coefficient (Wildman–Crippen LogP) is 3.15. The van der Waals surface area contributed by atoms with E-state index in [0.717, 1.165) is 24.9 Å². The molecule has 2 unspecified atom stereocenters. The van der Waals surface area contributed by atoms with Crippen LogP contribution in [0.2, 0.25) is 0 Å². The van der Waals surface area contributed by atoms with E-state index >= 15 is 0 Å². The molecule has 2 heteroatoms. The van der Waals surface area contributed by atoms with E-state index < -0.39 is 6.17 Å². The van der Waals surface area contributed by atoms with Gasteiger partial charge in [0.15, 0.2) is 0 Å². The van der Waals surface area contributed by atoms with E-state index in [1.807, 2.05) is 31.2 Å². The number of rotatable bonds is 2. The average molecular weight is 207 g/mol. The molecule has 15 heavy (non-hydrogen) atoms. The number of nitrogens with one attached hydrogen (secondary N) is 1. The summed E-state index contributed by atoms with van der Waals surface area (Å²) in [7, 11) is 0. The first-order valence-corrected chi connectivity index (χ1v) is 5.71. The Labute approximate surface area is 90.7 Å². The number of benzene rings is 1. The van der Waals surface area contributed by atoms with Crippen molar-refractivity contribution in [2.45, 2.75) is 38.4 Å². The van der Waals surface area contributed by atoms with Crippen molar-refractivity contribution < 1.29 is 4.39 Å². The minimum Gasteiger partial charge on any atom is -0.311 e. The summed E-state index contributed by atoms with van der Waals surface area (Å²) >= 11 is 0. The number of alkyl halides is 1. The lowest BCUT2D eigenvalue weighted by molar-refractivity contribution is 0.221. The molecule has 1 saturated heterocycles. The Balaban J connectivity index is 2.05. The first-order valence-electron chi connectivity index (χ1n) is 5.71. The summed E-state index contributed by atoms with van der Waals surface area (Å²) in [6, 6.07) is 7.77. The molecule has 1 fully saturated rings. The molecule has 0 bridgehead atoms. The maximum atomic E-state index is 14.1. The molecule has 2 atom stereocenters. The number of piperidine rings is 1. The fourth-order valence-electron chi connectivity index (χ4n) is 2.11. The van der Waals surface area contributed by atoms with Gasteiger partial charge in [0, 0.05) is 6.04 Å². The zero-order valence-corrected chi connectivity index (χ0v) is 9.17. The van der Waals surface area contributed by atoms with Crippen LogP contribution in [-0.4, -0.2) is 12.6 Å². The number of aryl methyl sites for hydroxylation is 1. The van der Waals surface area contributed by atoms with Gasteiger partial charge in [0.2, 0.25) is 0 Å². The molecule has 1 aromatic rings. The van der Waals surface area contributed by atoms with Crippen molar-refractivity contribution in [3.63, 3.8) is 0 Å². The summed E-state index contributed by atoms with van der Waals surface area (Å²) in [5.74, 6) is 0. The van der Waals surface area contributed by atoms with Crippen LogP contribution in [0.5, 0.6) is 0 Å². The van der Waals surface area contributed by atoms with Crippen LogP contribution in [0, 0.1) is 6.92 Å². The molecule has 1 aromatic carbocycles. The van der Waals surface area contributed by atoms with Gasteiger partial charge >= 0.3 is 0 Å². The van der Waals surface area contributed by atoms with Crippen molar-refractivity contribution in [3.05, 3.63) is 35.4 Å². The average Bonchev–Trinajstić information content (AvgIpc) is 2.30. The van der Waals surface area contributed by atoms with Crippen LogP contribution < -0.4 is 5.32 Å². The van der Waals surface area contributed by atoms with Crippen molar-refractivity contribution in [2.24, 2.45) is 0 Å². The maximum absolute atomic E-state index is 14.1. The van der Waals surface area contributed by atoms with E-state index in [-0.39, 0.29) is 6.04 Å². The van der Waals surface area contributed by atoms with E-state index in [1.54, 1.807) is 0 Å². The zero-order valence-electron chi connectivity index (χ0n) is 9.17. The SMILES string of the molecule is Cc1ccc(C(F)C2CCCCN2)cc1. The highest BCUT2D eigenvalue weighted by atomic mass is 19.1. The Bertz CT molecular complexity index is 301. The summed E-state index contributed by atoms with van der Waals surface area (Å²) in [5, 5.41) is 3.26. The Hall–Kier alpha value is -0.890. The lowest BCUT2D eigenvalue weighted by Crippen LogP contribution is -2.37. The molecule has 1 aliphatic rings. The van der Waals surface area contributed by atoms with E-state index in [1.165, 1.54) is 12.0 Å². The number of halogens is 1. The third-order valence-electron chi connectivity index (χ3n) is 3.10. The van der Waals surface area contributed by atoms with Crippen LogP contribution in [0.15, 0.2) is 24.3 Å². The van der Waals surface area contributed by atoms with Gasteiger partial charge in [-0.25, -0.2) is 4.39 Å². The Morgan fingerprint density at radius 1 is 1.27 bits per heavy atom. The standard InChI is InChI=1S/C13H18FN/c1-10-5-7-11(8-6-10)13(14)12-4-2-3-9-15-12/h5-8,12-13,15H,2-4,9H2,1H3. The molecule has 0 aromatic heterocycles. The van der Waals surface area contributed by atoms with Crippen LogP contribution in [0.1, 0.15) is 36.6 Å². The van der Waals surface area contributed by atoms with Gasteiger partial charge in [-0.15, -0.1) is 0 Å². The molecule has 1 aliphatic heterocycles. The highest BCUT2D eigenvalue weighted by Crippen LogP contribution is 2.26.